The first-order valence-corrected chi connectivity index (χ1v) is 5.15. The fourth-order valence-corrected chi connectivity index (χ4v) is 1.64. The Morgan fingerprint density at radius 2 is 1.41 bits per heavy atom. The number of hydrogen-bond acceptors (Lipinski definition) is 5. The molecule has 0 aromatic heterocycles. The van der Waals surface area contributed by atoms with Crippen LogP contribution >= 0.6 is 0 Å². The van der Waals surface area contributed by atoms with Crippen LogP contribution in [0.3, 0.4) is 0 Å². The van der Waals surface area contributed by atoms with Gasteiger partial charge in [0.05, 0.1) is 0 Å². The highest BCUT2D eigenvalue weighted by Crippen LogP contribution is 2.10. The number of likely N-dealkylation sites (N-methyl/N-ethyl adjacent to an activating group) is 1. The predicted octanol–water partition coefficient (Wildman–Crippen LogP) is -0.931. The summed E-state index contributed by atoms with van der Waals surface area (Å²) in [6.07, 6.45) is 0. The molecule has 0 saturated carbocycles. The van der Waals surface area contributed by atoms with Gasteiger partial charge >= 0.3 is 23.4 Å². The predicted molar refractivity (Wildman–Crippen MR) is 57.7 cm³/mol. The maximum absolute atomic E-state index is 11.9. The minimum atomic E-state index is -1.91. The number of carboxylic acids is 1. The average molecular weight is 245 g/mol. The second-order valence-corrected chi connectivity index (χ2v) is 3.67. The third kappa shape index (κ3) is 2.75. The number of carbonyl (C=O) groups excluding carboxylic acids is 3. The van der Waals surface area contributed by atoms with Crippen molar-refractivity contribution in [3.63, 3.8) is 0 Å². The summed E-state index contributed by atoms with van der Waals surface area (Å²) in [4.78, 5) is 44.7. The standard InChI is InChI=1S/C10H16N2O5/c1-5-12(6-2,11(3)4)9(15)7(13)8(14)10(16)17/h5-6H2,1-4H3/p+1. The van der Waals surface area contributed by atoms with Crippen molar-refractivity contribution in [3.05, 3.63) is 0 Å². The number of Topliss-reactive ketones (excluding diaryl/α,β-unsaturated/α-hetero) is 2. The van der Waals surface area contributed by atoms with Crippen LogP contribution in [-0.4, -0.2) is 65.3 Å². The van der Waals surface area contributed by atoms with Gasteiger partial charge in [0.15, 0.2) is 0 Å². The topological polar surface area (TPSA) is 91.8 Å². The highest BCUT2D eigenvalue weighted by molar-refractivity contribution is 6.75. The van der Waals surface area contributed by atoms with Gasteiger partial charge < -0.3 is 5.11 Å². The zero-order chi connectivity index (χ0) is 13.8. The van der Waals surface area contributed by atoms with Gasteiger partial charge in [0, 0.05) is 14.1 Å². The molecule has 17 heavy (non-hydrogen) atoms. The maximum Gasteiger partial charge on any atom is 0.409 e. The molecule has 0 aliphatic rings. The smallest absolute Gasteiger partial charge is 0.409 e. The first-order chi connectivity index (χ1) is 7.74. The summed E-state index contributed by atoms with van der Waals surface area (Å²) < 4.78 is -0.377. The van der Waals surface area contributed by atoms with E-state index in [1.54, 1.807) is 27.9 Å². The van der Waals surface area contributed by atoms with E-state index in [1.165, 1.54) is 5.01 Å². The zero-order valence-electron chi connectivity index (χ0n) is 10.4. The normalized spacial score (nSPS) is 11.4. The number of carbonyl (C=O) groups is 4. The number of rotatable bonds is 6. The number of aliphatic carboxylic acids is 1. The molecule has 1 N–H and O–H groups in total. The highest BCUT2D eigenvalue weighted by atomic mass is 16.4. The molecule has 7 nitrogen and oxygen atoms in total. The number of ketones is 2. The van der Waals surface area contributed by atoms with Gasteiger partial charge in [0.25, 0.3) is 0 Å². The number of quaternary nitrogens is 1. The van der Waals surface area contributed by atoms with E-state index in [4.69, 9.17) is 5.11 Å². The number of carboxylic acid groups (broad SMARTS) is 1. The Kier molecular flexibility index (Phi) is 5.11. The lowest BCUT2D eigenvalue weighted by atomic mass is 10.2. The molecule has 0 aromatic rings. The Morgan fingerprint density at radius 3 is 1.65 bits per heavy atom. The van der Waals surface area contributed by atoms with Gasteiger partial charge in [-0.15, -0.1) is 0 Å². The largest absolute Gasteiger partial charge is 0.475 e. The summed E-state index contributed by atoms with van der Waals surface area (Å²) in [6, 6.07) is 0. The van der Waals surface area contributed by atoms with Crippen LogP contribution in [0.2, 0.25) is 0 Å². The molecular weight excluding hydrogens is 228 g/mol. The van der Waals surface area contributed by atoms with Gasteiger partial charge in [0.2, 0.25) is 0 Å². The molecular formula is C10H17N2O5+. The van der Waals surface area contributed by atoms with Crippen LogP contribution in [0.15, 0.2) is 0 Å². The van der Waals surface area contributed by atoms with Crippen molar-refractivity contribution in [1.82, 2.24) is 5.01 Å². The molecule has 1 amide bonds. The summed E-state index contributed by atoms with van der Waals surface area (Å²) in [5.74, 6) is -6.11. The van der Waals surface area contributed by atoms with Crippen LogP contribution in [0.4, 0.5) is 0 Å². The van der Waals surface area contributed by atoms with Gasteiger partial charge in [-0.2, -0.15) is 9.60 Å². The van der Waals surface area contributed by atoms with Crippen molar-refractivity contribution in [2.45, 2.75) is 13.8 Å². The zero-order valence-corrected chi connectivity index (χ0v) is 10.4. The molecule has 0 aliphatic heterocycles. The van der Waals surface area contributed by atoms with Crippen LogP contribution in [0.25, 0.3) is 0 Å². The van der Waals surface area contributed by atoms with Gasteiger partial charge in [-0.1, -0.05) is 0 Å². The molecule has 0 unspecified atom stereocenters. The lowest BCUT2D eigenvalue weighted by Gasteiger charge is -2.37. The SMILES string of the molecule is CC[N+](CC)(C(=O)C(=O)C(=O)C(=O)O)N(C)C. The molecule has 96 valence electrons. The molecule has 0 saturated heterocycles. The molecule has 0 atom stereocenters. The summed E-state index contributed by atoms with van der Waals surface area (Å²) >= 11 is 0. The molecule has 0 radical (unpaired) electrons. The van der Waals surface area contributed by atoms with Crippen molar-refractivity contribution in [1.29, 1.82) is 0 Å². The van der Waals surface area contributed by atoms with E-state index in [2.05, 4.69) is 0 Å². The number of amides is 1. The monoisotopic (exact) mass is 245 g/mol. The minimum Gasteiger partial charge on any atom is -0.475 e. The molecule has 0 bridgehead atoms. The van der Waals surface area contributed by atoms with E-state index in [0.717, 1.165) is 0 Å². The lowest BCUT2D eigenvalue weighted by molar-refractivity contribution is -0.957. The van der Waals surface area contributed by atoms with E-state index >= 15 is 0 Å². The fraction of sp³-hybridized carbons (Fsp3) is 0.600. The molecule has 0 rings (SSSR count). The van der Waals surface area contributed by atoms with E-state index in [9.17, 15) is 19.2 Å². The first-order valence-electron chi connectivity index (χ1n) is 5.15. The fourth-order valence-electron chi connectivity index (χ4n) is 1.64. The quantitative estimate of drug-likeness (QED) is 0.281. The van der Waals surface area contributed by atoms with E-state index in [0.29, 0.717) is 0 Å². The lowest BCUT2D eigenvalue weighted by Crippen LogP contribution is -2.64. The summed E-state index contributed by atoms with van der Waals surface area (Å²) in [5, 5.41) is 9.89. The summed E-state index contributed by atoms with van der Waals surface area (Å²) in [5.41, 5.74) is 0. The van der Waals surface area contributed by atoms with Crippen LogP contribution < -0.4 is 0 Å². The third-order valence-electron chi connectivity index (χ3n) is 2.78. The summed E-state index contributed by atoms with van der Waals surface area (Å²) in [7, 11) is 3.17. The molecule has 0 heterocycles. The summed E-state index contributed by atoms with van der Waals surface area (Å²) in [6.45, 7) is 3.89. The molecule has 0 spiro atoms. The van der Waals surface area contributed by atoms with Crippen LogP contribution in [-0.2, 0) is 19.2 Å². The Morgan fingerprint density at radius 1 is 1.00 bits per heavy atom. The highest BCUT2D eigenvalue weighted by Gasteiger charge is 2.45. The number of nitrogens with zero attached hydrogens (tertiary/aromatic N) is 2. The second-order valence-electron chi connectivity index (χ2n) is 3.67. The molecule has 0 aliphatic carbocycles. The van der Waals surface area contributed by atoms with Gasteiger partial charge in [-0.3, -0.25) is 9.59 Å². The third-order valence-corrected chi connectivity index (χ3v) is 2.78. The first kappa shape index (κ1) is 15.4. The minimum absolute atomic E-state index is 0.265. The molecule has 0 fully saturated rings. The molecule has 7 heteroatoms. The maximum atomic E-state index is 11.9. The van der Waals surface area contributed by atoms with Gasteiger partial charge in [0.1, 0.15) is 13.1 Å². The van der Waals surface area contributed by atoms with Crippen molar-refractivity contribution in [2.75, 3.05) is 27.2 Å². The molecule has 0 aromatic carbocycles. The van der Waals surface area contributed by atoms with Crippen molar-refractivity contribution in [2.24, 2.45) is 0 Å². The Balaban J connectivity index is 5.32. The number of hydrogen-bond donors (Lipinski definition) is 1. The van der Waals surface area contributed by atoms with Crippen LogP contribution in [0.1, 0.15) is 13.8 Å². The van der Waals surface area contributed by atoms with Crippen molar-refractivity contribution < 1.29 is 28.9 Å². The van der Waals surface area contributed by atoms with E-state index in [-0.39, 0.29) is 17.7 Å². The van der Waals surface area contributed by atoms with Crippen LogP contribution in [0.5, 0.6) is 0 Å². The van der Waals surface area contributed by atoms with Crippen molar-refractivity contribution >= 4 is 23.4 Å². The Bertz CT molecular complexity index is 358. The Labute approximate surface area is 99.2 Å². The van der Waals surface area contributed by atoms with E-state index < -0.39 is 23.4 Å². The van der Waals surface area contributed by atoms with Crippen molar-refractivity contribution in [3.8, 4) is 0 Å². The van der Waals surface area contributed by atoms with Gasteiger partial charge in [-0.25, -0.2) is 9.59 Å². The average Bonchev–Trinajstić information content (AvgIpc) is 2.28. The Hall–Kier alpha value is -1.60. The second kappa shape index (κ2) is 5.65. The van der Waals surface area contributed by atoms with E-state index in [1.807, 2.05) is 0 Å². The van der Waals surface area contributed by atoms with Crippen LogP contribution in [0, 0.1) is 0 Å². The van der Waals surface area contributed by atoms with Gasteiger partial charge in [-0.05, 0) is 13.8 Å².